The van der Waals surface area contributed by atoms with E-state index in [-0.39, 0.29) is 29.0 Å². The largest absolute Gasteiger partial charge is 0.340 e. The number of rotatable bonds is 5. The smallest absolute Gasteiger partial charge is 0.239 e. The summed E-state index contributed by atoms with van der Waals surface area (Å²) in [6, 6.07) is 1.86. The van der Waals surface area contributed by atoms with Crippen LogP contribution < -0.4 is 5.32 Å². The molecule has 0 spiro atoms. The topological polar surface area (TPSA) is 66.5 Å². The van der Waals surface area contributed by atoms with E-state index in [9.17, 15) is 22.0 Å². The molecule has 0 saturated carbocycles. The molecule has 1 fully saturated rings. The van der Waals surface area contributed by atoms with Crippen molar-refractivity contribution < 1.29 is 22.0 Å². The maximum absolute atomic E-state index is 13.8. The highest BCUT2D eigenvalue weighted by Crippen LogP contribution is 2.20. The second-order valence-corrected chi connectivity index (χ2v) is 8.51. The fraction of sp³-hybridized carbons (Fsp3) is 0.562. The number of carbonyl (C=O) groups is 1. The van der Waals surface area contributed by atoms with Gasteiger partial charge in [0, 0.05) is 30.8 Å². The molecule has 8 heteroatoms. The van der Waals surface area contributed by atoms with Crippen LogP contribution in [0.4, 0.5) is 8.78 Å². The average molecular weight is 360 g/mol. The predicted octanol–water partition coefficient (Wildman–Crippen LogP) is 1.65. The van der Waals surface area contributed by atoms with Gasteiger partial charge >= 0.3 is 0 Å². The summed E-state index contributed by atoms with van der Waals surface area (Å²) < 4.78 is 49.9. The molecular formula is C16H22F2N2O3S. The van der Waals surface area contributed by atoms with Crippen molar-refractivity contribution in [1.82, 2.24) is 10.2 Å². The van der Waals surface area contributed by atoms with Gasteiger partial charge in [-0.05, 0) is 26.3 Å². The van der Waals surface area contributed by atoms with Gasteiger partial charge in [0.2, 0.25) is 5.91 Å². The summed E-state index contributed by atoms with van der Waals surface area (Å²) in [6.07, 6.45) is 0.430. The summed E-state index contributed by atoms with van der Waals surface area (Å²) in [5.41, 5.74) is 0.266. The van der Waals surface area contributed by atoms with Crippen molar-refractivity contribution in [2.45, 2.75) is 38.4 Å². The van der Waals surface area contributed by atoms with Crippen LogP contribution in [-0.2, 0) is 14.6 Å². The minimum absolute atomic E-state index is 0.0237. The summed E-state index contributed by atoms with van der Waals surface area (Å²) in [4.78, 5) is 13.9. The average Bonchev–Trinajstić information content (AvgIpc) is 2.85. The van der Waals surface area contributed by atoms with E-state index in [0.717, 1.165) is 6.07 Å². The van der Waals surface area contributed by atoms with Gasteiger partial charge in [0.1, 0.15) is 11.6 Å². The fourth-order valence-electron chi connectivity index (χ4n) is 2.95. The predicted molar refractivity (Wildman–Crippen MR) is 87.2 cm³/mol. The summed E-state index contributed by atoms with van der Waals surface area (Å²) in [5, 5.41) is 2.98. The fourth-order valence-corrected chi connectivity index (χ4v) is 4.73. The lowest BCUT2D eigenvalue weighted by atomic mass is 10.1. The molecule has 1 N–H and O–H groups in total. The van der Waals surface area contributed by atoms with E-state index in [1.807, 2.05) is 0 Å². The lowest BCUT2D eigenvalue weighted by Crippen LogP contribution is -2.48. The van der Waals surface area contributed by atoms with E-state index in [1.165, 1.54) is 17.0 Å². The van der Waals surface area contributed by atoms with E-state index in [2.05, 4.69) is 5.32 Å². The number of carbonyl (C=O) groups excluding carboxylic acids is 1. The highest BCUT2D eigenvalue weighted by molar-refractivity contribution is 7.91. The van der Waals surface area contributed by atoms with Crippen LogP contribution in [0.15, 0.2) is 18.2 Å². The number of halogens is 2. The van der Waals surface area contributed by atoms with Crippen molar-refractivity contribution in [1.29, 1.82) is 0 Å². The molecular weight excluding hydrogens is 338 g/mol. The Morgan fingerprint density at radius 1 is 1.33 bits per heavy atom. The molecule has 134 valence electrons. The molecule has 1 saturated heterocycles. The maximum Gasteiger partial charge on any atom is 0.239 e. The van der Waals surface area contributed by atoms with Crippen LogP contribution in [0.25, 0.3) is 0 Å². The Balaban J connectivity index is 2.00. The molecule has 5 nitrogen and oxygen atoms in total. The van der Waals surface area contributed by atoms with Gasteiger partial charge in [0.25, 0.3) is 0 Å². The van der Waals surface area contributed by atoms with E-state index < -0.39 is 33.6 Å². The van der Waals surface area contributed by atoms with Gasteiger partial charge in [-0.1, -0.05) is 6.07 Å². The summed E-state index contributed by atoms with van der Waals surface area (Å²) in [5.74, 6) is -1.52. The van der Waals surface area contributed by atoms with Crippen molar-refractivity contribution in [3.05, 3.63) is 35.4 Å². The van der Waals surface area contributed by atoms with E-state index >= 15 is 0 Å². The van der Waals surface area contributed by atoms with Crippen molar-refractivity contribution >= 4 is 15.7 Å². The first-order chi connectivity index (χ1) is 11.1. The molecule has 0 radical (unpaired) electrons. The number of amides is 1. The van der Waals surface area contributed by atoms with Gasteiger partial charge in [-0.2, -0.15) is 0 Å². The molecule has 1 aromatic rings. The molecule has 3 atom stereocenters. The minimum atomic E-state index is -3.07. The Labute approximate surface area is 141 Å². The zero-order valence-corrected chi connectivity index (χ0v) is 14.7. The number of likely N-dealkylation sites (N-methyl/N-ethyl adjacent to an activating group) is 1. The Bertz CT molecular complexity index is 724. The molecule has 24 heavy (non-hydrogen) atoms. The molecule has 1 heterocycles. The molecule has 0 bridgehead atoms. The Hall–Kier alpha value is -1.54. The van der Waals surface area contributed by atoms with E-state index in [0.29, 0.717) is 6.42 Å². The maximum atomic E-state index is 13.8. The third kappa shape index (κ3) is 4.30. The Morgan fingerprint density at radius 3 is 2.54 bits per heavy atom. The zero-order valence-electron chi connectivity index (χ0n) is 13.9. The van der Waals surface area contributed by atoms with E-state index in [1.54, 1.807) is 20.9 Å². The first-order valence-electron chi connectivity index (χ1n) is 7.79. The van der Waals surface area contributed by atoms with Gasteiger partial charge in [-0.25, -0.2) is 17.2 Å². The van der Waals surface area contributed by atoms with Gasteiger partial charge in [0.15, 0.2) is 9.84 Å². The lowest BCUT2D eigenvalue weighted by Gasteiger charge is -2.28. The van der Waals surface area contributed by atoms with Crippen LogP contribution in [0.3, 0.4) is 0 Å². The van der Waals surface area contributed by atoms with Crippen LogP contribution in [0, 0.1) is 11.6 Å². The van der Waals surface area contributed by atoms with Crippen molar-refractivity contribution in [3.63, 3.8) is 0 Å². The van der Waals surface area contributed by atoms with Crippen molar-refractivity contribution in [2.75, 3.05) is 18.6 Å². The Morgan fingerprint density at radius 2 is 2.00 bits per heavy atom. The molecule has 1 aliphatic rings. The molecule has 0 unspecified atom stereocenters. The number of hydrogen-bond acceptors (Lipinski definition) is 4. The van der Waals surface area contributed by atoms with Crippen LogP contribution in [0.1, 0.15) is 31.9 Å². The standard InChI is InChI=1S/C16H22F2N2O3S/c1-10(14-5-4-12(17)8-15(14)18)19-11(2)16(21)20(3)13-6-7-24(22,23)9-13/h4-5,8,10-11,13,19H,6-7,9H2,1-3H3/t10-,11+,13+/m1/s1. The quantitative estimate of drug-likeness (QED) is 0.867. The Kier molecular flexibility index (Phi) is 5.59. The number of sulfone groups is 1. The molecule has 2 rings (SSSR count). The minimum Gasteiger partial charge on any atom is -0.340 e. The number of nitrogens with zero attached hydrogens (tertiary/aromatic N) is 1. The van der Waals surface area contributed by atoms with Gasteiger partial charge < -0.3 is 4.90 Å². The highest BCUT2D eigenvalue weighted by Gasteiger charge is 2.34. The van der Waals surface area contributed by atoms with Crippen LogP contribution in [-0.4, -0.2) is 49.9 Å². The summed E-state index contributed by atoms with van der Waals surface area (Å²) >= 11 is 0. The number of benzene rings is 1. The monoisotopic (exact) mass is 360 g/mol. The summed E-state index contributed by atoms with van der Waals surface area (Å²) in [7, 11) is -1.50. The molecule has 1 amide bonds. The van der Waals surface area contributed by atoms with Crippen LogP contribution in [0.5, 0.6) is 0 Å². The first-order valence-corrected chi connectivity index (χ1v) is 9.61. The summed E-state index contributed by atoms with van der Waals surface area (Å²) in [6.45, 7) is 3.32. The second-order valence-electron chi connectivity index (χ2n) is 6.28. The van der Waals surface area contributed by atoms with E-state index in [4.69, 9.17) is 0 Å². The van der Waals surface area contributed by atoms with Gasteiger partial charge in [-0.15, -0.1) is 0 Å². The van der Waals surface area contributed by atoms with Crippen LogP contribution >= 0.6 is 0 Å². The third-order valence-corrected chi connectivity index (χ3v) is 6.15. The molecule has 0 aromatic heterocycles. The van der Waals surface area contributed by atoms with Crippen LogP contribution in [0.2, 0.25) is 0 Å². The highest BCUT2D eigenvalue weighted by atomic mass is 32.2. The van der Waals surface area contributed by atoms with Crippen molar-refractivity contribution in [3.8, 4) is 0 Å². The molecule has 1 aliphatic heterocycles. The third-order valence-electron chi connectivity index (χ3n) is 4.40. The zero-order chi connectivity index (χ0) is 18.1. The number of hydrogen-bond donors (Lipinski definition) is 1. The number of nitrogens with one attached hydrogen (secondary N) is 1. The lowest BCUT2D eigenvalue weighted by molar-refractivity contribution is -0.133. The van der Waals surface area contributed by atoms with Crippen molar-refractivity contribution in [2.24, 2.45) is 0 Å². The normalized spacial score (nSPS) is 22.1. The molecule has 1 aromatic carbocycles. The SMILES string of the molecule is C[C@H](N[C@H](C)c1ccc(F)cc1F)C(=O)N(C)[C@H]1CCS(=O)(=O)C1. The van der Waals surface area contributed by atoms with Gasteiger partial charge in [0.05, 0.1) is 17.5 Å². The van der Waals surface area contributed by atoms with Gasteiger partial charge in [-0.3, -0.25) is 10.1 Å². The molecule has 0 aliphatic carbocycles. The second kappa shape index (κ2) is 7.14. The first kappa shape index (κ1) is 18.8.